The molecule has 0 unspecified atom stereocenters. The molecule has 0 atom stereocenters. The molecule has 0 saturated carbocycles. The fourth-order valence-corrected chi connectivity index (χ4v) is 1.74. The molecule has 2 rings (SSSR count). The molecule has 0 saturated heterocycles. The number of nitrogens with zero attached hydrogens (tertiary/aromatic N) is 2. The molecule has 0 fully saturated rings. The van der Waals surface area contributed by atoms with Gasteiger partial charge in [-0.3, -0.25) is 0 Å². The van der Waals surface area contributed by atoms with Gasteiger partial charge >= 0.3 is 0 Å². The van der Waals surface area contributed by atoms with Crippen LogP contribution in [0.5, 0.6) is 0 Å². The summed E-state index contributed by atoms with van der Waals surface area (Å²) in [5.74, 6) is 0. The molecular formula is C12H15N3. The Morgan fingerprint density at radius 3 is 2.87 bits per heavy atom. The Labute approximate surface area is 89.6 Å². The molecule has 0 aliphatic rings. The molecule has 0 spiro atoms. The minimum absolute atomic E-state index is 0.512. The van der Waals surface area contributed by atoms with E-state index in [9.17, 15) is 0 Å². The number of aromatic nitrogens is 2. The maximum absolute atomic E-state index is 5.66. The summed E-state index contributed by atoms with van der Waals surface area (Å²) < 4.78 is 2.05. The number of hydrogen-bond acceptors (Lipinski definition) is 2. The van der Waals surface area contributed by atoms with Crippen molar-refractivity contribution in [2.45, 2.75) is 19.9 Å². The predicted octanol–water partition coefficient (Wildman–Crippen LogP) is 1.89. The normalized spacial score (nSPS) is 10.5. The Hall–Kier alpha value is -1.61. The fourth-order valence-electron chi connectivity index (χ4n) is 1.74. The quantitative estimate of drug-likeness (QED) is 0.824. The van der Waals surface area contributed by atoms with Gasteiger partial charge in [0.15, 0.2) is 0 Å². The summed E-state index contributed by atoms with van der Waals surface area (Å²) in [6.45, 7) is 2.66. The molecule has 78 valence electrons. The van der Waals surface area contributed by atoms with Crippen molar-refractivity contribution in [1.29, 1.82) is 0 Å². The van der Waals surface area contributed by atoms with Crippen molar-refractivity contribution >= 4 is 0 Å². The van der Waals surface area contributed by atoms with E-state index in [1.165, 1.54) is 11.3 Å². The number of para-hydroxylation sites is 1. The van der Waals surface area contributed by atoms with Crippen LogP contribution in [0.3, 0.4) is 0 Å². The molecule has 0 amide bonds. The minimum Gasteiger partial charge on any atom is -0.325 e. The molecule has 0 aliphatic carbocycles. The summed E-state index contributed by atoms with van der Waals surface area (Å²) in [6.07, 6.45) is 4.64. The lowest BCUT2D eigenvalue weighted by Gasteiger charge is -2.10. The molecule has 2 N–H and O–H groups in total. The van der Waals surface area contributed by atoms with Crippen molar-refractivity contribution in [3.05, 3.63) is 48.0 Å². The Balaban J connectivity index is 2.53. The number of rotatable bonds is 3. The molecule has 1 aromatic heterocycles. The lowest BCUT2D eigenvalue weighted by Crippen LogP contribution is -2.06. The van der Waals surface area contributed by atoms with E-state index in [-0.39, 0.29) is 0 Å². The zero-order valence-corrected chi connectivity index (χ0v) is 8.85. The predicted molar refractivity (Wildman–Crippen MR) is 60.8 cm³/mol. The second-order valence-electron chi connectivity index (χ2n) is 3.44. The van der Waals surface area contributed by atoms with Crippen LogP contribution in [-0.4, -0.2) is 9.55 Å². The van der Waals surface area contributed by atoms with E-state index in [0.29, 0.717) is 6.54 Å². The third-order valence-electron chi connectivity index (χ3n) is 2.56. The third-order valence-corrected chi connectivity index (χ3v) is 2.56. The Bertz CT molecular complexity index is 446. The zero-order chi connectivity index (χ0) is 10.7. The maximum Gasteiger partial charge on any atom is 0.0994 e. The number of benzene rings is 1. The van der Waals surface area contributed by atoms with Crippen LogP contribution in [0.4, 0.5) is 0 Å². The van der Waals surface area contributed by atoms with E-state index < -0.39 is 0 Å². The van der Waals surface area contributed by atoms with E-state index >= 15 is 0 Å². The first kappa shape index (κ1) is 9.93. The summed E-state index contributed by atoms with van der Waals surface area (Å²) in [7, 11) is 0. The largest absolute Gasteiger partial charge is 0.325 e. The van der Waals surface area contributed by atoms with Gasteiger partial charge in [0.2, 0.25) is 0 Å². The maximum atomic E-state index is 5.66. The molecule has 2 aromatic rings. The van der Waals surface area contributed by atoms with E-state index in [0.717, 1.165) is 12.1 Å². The van der Waals surface area contributed by atoms with Crippen molar-refractivity contribution in [3.8, 4) is 5.69 Å². The van der Waals surface area contributed by atoms with Crippen LogP contribution in [-0.2, 0) is 13.0 Å². The standard InChI is InChI=1S/C12H15N3/c1-2-10-5-3-4-6-12(10)15-9-14-8-11(15)7-13/h3-6,8-9H,2,7,13H2,1H3. The van der Waals surface area contributed by atoms with Gasteiger partial charge in [-0.15, -0.1) is 0 Å². The van der Waals surface area contributed by atoms with Crippen LogP contribution in [0.25, 0.3) is 5.69 Å². The van der Waals surface area contributed by atoms with Gasteiger partial charge in [-0.25, -0.2) is 4.98 Å². The smallest absolute Gasteiger partial charge is 0.0994 e. The van der Waals surface area contributed by atoms with Crippen molar-refractivity contribution < 1.29 is 0 Å². The molecule has 3 heteroatoms. The molecule has 0 aliphatic heterocycles. The average molecular weight is 201 g/mol. The van der Waals surface area contributed by atoms with Crippen molar-refractivity contribution in [3.63, 3.8) is 0 Å². The van der Waals surface area contributed by atoms with Gasteiger partial charge in [0.1, 0.15) is 0 Å². The highest BCUT2D eigenvalue weighted by molar-refractivity contribution is 5.42. The minimum atomic E-state index is 0.512. The summed E-state index contributed by atoms with van der Waals surface area (Å²) in [5.41, 5.74) is 9.19. The third kappa shape index (κ3) is 1.78. The van der Waals surface area contributed by atoms with Crippen molar-refractivity contribution in [2.24, 2.45) is 5.73 Å². The van der Waals surface area contributed by atoms with Crippen LogP contribution >= 0.6 is 0 Å². The SMILES string of the molecule is CCc1ccccc1-n1cncc1CN. The number of nitrogens with two attached hydrogens (primary N) is 1. The highest BCUT2D eigenvalue weighted by atomic mass is 15.1. The van der Waals surface area contributed by atoms with Gasteiger partial charge in [-0.2, -0.15) is 0 Å². The number of aryl methyl sites for hydroxylation is 1. The molecule has 0 bridgehead atoms. The molecule has 0 radical (unpaired) electrons. The number of imidazole rings is 1. The highest BCUT2D eigenvalue weighted by Crippen LogP contribution is 2.16. The van der Waals surface area contributed by atoms with E-state index in [1.807, 2.05) is 18.6 Å². The van der Waals surface area contributed by atoms with Crippen LogP contribution in [0.15, 0.2) is 36.8 Å². The van der Waals surface area contributed by atoms with Crippen LogP contribution in [0.2, 0.25) is 0 Å². The molecule has 1 aromatic carbocycles. The van der Waals surface area contributed by atoms with Gasteiger partial charge in [0.05, 0.1) is 12.0 Å². The fraction of sp³-hybridized carbons (Fsp3) is 0.250. The molecule has 15 heavy (non-hydrogen) atoms. The van der Waals surface area contributed by atoms with Crippen LogP contribution in [0.1, 0.15) is 18.2 Å². The van der Waals surface area contributed by atoms with E-state index in [2.05, 4.69) is 34.7 Å². The monoisotopic (exact) mass is 201 g/mol. The summed E-state index contributed by atoms with van der Waals surface area (Å²) in [5, 5.41) is 0. The number of hydrogen-bond donors (Lipinski definition) is 1. The summed E-state index contributed by atoms with van der Waals surface area (Å²) in [4.78, 5) is 4.13. The van der Waals surface area contributed by atoms with Crippen LogP contribution < -0.4 is 5.73 Å². The Morgan fingerprint density at radius 1 is 1.33 bits per heavy atom. The Morgan fingerprint density at radius 2 is 2.13 bits per heavy atom. The van der Waals surface area contributed by atoms with Gasteiger partial charge in [-0.1, -0.05) is 25.1 Å². The van der Waals surface area contributed by atoms with Gasteiger partial charge in [0, 0.05) is 18.4 Å². The first-order chi connectivity index (χ1) is 7.36. The van der Waals surface area contributed by atoms with Crippen molar-refractivity contribution in [1.82, 2.24) is 9.55 Å². The lowest BCUT2D eigenvalue weighted by atomic mass is 10.1. The average Bonchev–Trinajstić information content (AvgIpc) is 2.76. The first-order valence-electron chi connectivity index (χ1n) is 5.16. The second kappa shape index (κ2) is 4.28. The van der Waals surface area contributed by atoms with E-state index in [4.69, 9.17) is 5.73 Å². The summed E-state index contributed by atoms with van der Waals surface area (Å²) in [6, 6.07) is 8.32. The topological polar surface area (TPSA) is 43.8 Å². The van der Waals surface area contributed by atoms with Gasteiger partial charge in [-0.05, 0) is 18.1 Å². The Kier molecular flexibility index (Phi) is 2.83. The second-order valence-corrected chi connectivity index (χ2v) is 3.44. The van der Waals surface area contributed by atoms with Gasteiger partial charge in [0.25, 0.3) is 0 Å². The van der Waals surface area contributed by atoms with E-state index in [1.54, 1.807) is 0 Å². The molecule has 3 nitrogen and oxygen atoms in total. The first-order valence-corrected chi connectivity index (χ1v) is 5.16. The summed E-state index contributed by atoms with van der Waals surface area (Å²) >= 11 is 0. The zero-order valence-electron chi connectivity index (χ0n) is 8.85. The van der Waals surface area contributed by atoms with Gasteiger partial charge < -0.3 is 10.3 Å². The molecular weight excluding hydrogens is 186 g/mol. The lowest BCUT2D eigenvalue weighted by molar-refractivity contribution is 0.895. The highest BCUT2D eigenvalue weighted by Gasteiger charge is 2.05. The van der Waals surface area contributed by atoms with Crippen LogP contribution in [0, 0.1) is 0 Å². The molecule has 1 heterocycles. The van der Waals surface area contributed by atoms with Crippen molar-refractivity contribution in [2.75, 3.05) is 0 Å².